The summed E-state index contributed by atoms with van der Waals surface area (Å²) in [6, 6.07) is 7.27. The fraction of sp³-hybridized carbons (Fsp3) is 0.133. The third kappa shape index (κ3) is 2.19. The van der Waals surface area contributed by atoms with E-state index in [1.54, 1.807) is 31.3 Å². The maximum atomic E-state index is 14.0. The molecule has 3 aromatic rings. The number of halogens is 1. The van der Waals surface area contributed by atoms with Crippen LogP contribution in [-0.4, -0.2) is 14.5 Å². The topological polar surface area (TPSA) is 73.8 Å². The molecule has 1 aromatic carbocycles. The van der Waals surface area contributed by atoms with Gasteiger partial charge in [0.2, 0.25) is 0 Å². The van der Waals surface area contributed by atoms with Crippen molar-refractivity contribution < 1.29 is 4.39 Å². The van der Waals surface area contributed by atoms with Crippen LogP contribution in [0.1, 0.15) is 18.8 Å². The lowest BCUT2D eigenvalue weighted by atomic mass is 10.2. The van der Waals surface area contributed by atoms with Crippen LogP contribution in [0.2, 0.25) is 0 Å². The zero-order valence-corrected chi connectivity index (χ0v) is 11.3. The summed E-state index contributed by atoms with van der Waals surface area (Å²) < 4.78 is 15.3. The van der Waals surface area contributed by atoms with Crippen LogP contribution in [0.15, 0.2) is 47.5 Å². The van der Waals surface area contributed by atoms with Crippen LogP contribution in [-0.2, 0) is 0 Å². The lowest BCUT2D eigenvalue weighted by Gasteiger charge is -2.15. The van der Waals surface area contributed by atoms with E-state index in [1.165, 1.54) is 22.9 Å². The maximum Gasteiger partial charge on any atom is 0.269 e. The fourth-order valence-corrected chi connectivity index (χ4v) is 2.25. The molecule has 0 saturated carbocycles. The van der Waals surface area contributed by atoms with Crippen molar-refractivity contribution >= 4 is 10.9 Å². The van der Waals surface area contributed by atoms with Gasteiger partial charge in [-0.1, -0.05) is 6.07 Å². The Labute approximate surface area is 119 Å². The molecule has 0 saturated heterocycles. The fourth-order valence-electron chi connectivity index (χ4n) is 2.25. The van der Waals surface area contributed by atoms with Gasteiger partial charge < -0.3 is 5.73 Å². The highest BCUT2D eigenvalue weighted by atomic mass is 19.1. The number of nitrogens with zero attached hydrogens (tertiary/aromatic N) is 3. The molecule has 1 atom stereocenters. The molecule has 0 fully saturated rings. The summed E-state index contributed by atoms with van der Waals surface area (Å²) >= 11 is 0. The van der Waals surface area contributed by atoms with Crippen molar-refractivity contribution in [2.45, 2.75) is 13.0 Å². The molecule has 21 heavy (non-hydrogen) atoms. The molecular weight excluding hydrogens is 271 g/mol. The van der Waals surface area contributed by atoms with E-state index in [0.29, 0.717) is 17.0 Å². The average Bonchev–Trinajstić information content (AvgIpc) is 2.47. The second-order valence-corrected chi connectivity index (χ2v) is 4.74. The van der Waals surface area contributed by atoms with Gasteiger partial charge in [-0.05, 0) is 31.2 Å². The van der Waals surface area contributed by atoms with E-state index in [0.717, 1.165) is 0 Å². The van der Waals surface area contributed by atoms with Crippen molar-refractivity contribution in [3.8, 4) is 5.69 Å². The Balaban J connectivity index is 2.47. The van der Waals surface area contributed by atoms with Crippen molar-refractivity contribution in [2.75, 3.05) is 0 Å². The van der Waals surface area contributed by atoms with Crippen molar-refractivity contribution in [1.29, 1.82) is 0 Å². The Morgan fingerprint density at radius 3 is 2.76 bits per heavy atom. The third-order valence-corrected chi connectivity index (χ3v) is 3.18. The van der Waals surface area contributed by atoms with Crippen molar-refractivity contribution in [3.63, 3.8) is 0 Å². The minimum absolute atomic E-state index is 0.0502. The molecule has 0 unspecified atom stereocenters. The summed E-state index contributed by atoms with van der Waals surface area (Å²) in [6.07, 6.45) is 3.11. The first-order valence-electron chi connectivity index (χ1n) is 6.46. The van der Waals surface area contributed by atoms with Gasteiger partial charge in [-0.25, -0.2) is 9.37 Å². The minimum Gasteiger partial charge on any atom is -0.322 e. The summed E-state index contributed by atoms with van der Waals surface area (Å²) in [7, 11) is 0. The SMILES string of the molecule is C[C@H](N)c1nc2cccc(F)c2c(=O)n1-c1cccnc1. The van der Waals surface area contributed by atoms with E-state index < -0.39 is 17.4 Å². The molecule has 0 aliphatic rings. The van der Waals surface area contributed by atoms with E-state index in [-0.39, 0.29) is 5.39 Å². The quantitative estimate of drug-likeness (QED) is 0.780. The molecule has 2 N–H and O–H groups in total. The molecule has 0 aliphatic heterocycles. The van der Waals surface area contributed by atoms with E-state index >= 15 is 0 Å². The zero-order valence-electron chi connectivity index (χ0n) is 11.3. The zero-order chi connectivity index (χ0) is 15.0. The third-order valence-electron chi connectivity index (χ3n) is 3.18. The van der Waals surface area contributed by atoms with E-state index in [2.05, 4.69) is 9.97 Å². The summed E-state index contributed by atoms with van der Waals surface area (Å²) in [5, 5.41) is -0.0502. The van der Waals surface area contributed by atoms with Crippen LogP contribution in [0.3, 0.4) is 0 Å². The van der Waals surface area contributed by atoms with Crippen LogP contribution in [0.25, 0.3) is 16.6 Å². The van der Waals surface area contributed by atoms with E-state index in [9.17, 15) is 9.18 Å². The lowest BCUT2D eigenvalue weighted by Crippen LogP contribution is -2.28. The number of aromatic nitrogens is 3. The molecule has 106 valence electrons. The maximum absolute atomic E-state index is 14.0. The molecule has 5 nitrogen and oxygen atoms in total. The van der Waals surface area contributed by atoms with Crippen LogP contribution in [0, 0.1) is 5.82 Å². The van der Waals surface area contributed by atoms with Gasteiger partial charge in [0.1, 0.15) is 17.0 Å². The highest BCUT2D eigenvalue weighted by Gasteiger charge is 2.17. The predicted octanol–water partition coefficient (Wildman–Crippen LogP) is 1.94. The molecule has 0 amide bonds. The standard InChI is InChI=1S/C15H13FN4O/c1-9(17)14-19-12-6-2-5-11(16)13(12)15(21)20(14)10-4-3-7-18-8-10/h2-9H,17H2,1H3/t9-/m0/s1. The Hall–Kier alpha value is -2.60. The van der Waals surface area contributed by atoms with E-state index in [1.807, 2.05) is 0 Å². The number of hydrogen-bond donors (Lipinski definition) is 1. The molecule has 3 rings (SSSR count). The number of nitrogens with two attached hydrogens (primary N) is 1. The molecular formula is C15H13FN4O. The lowest BCUT2D eigenvalue weighted by molar-refractivity contribution is 0.633. The Morgan fingerprint density at radius 1 is 1.29 bits per heavy atom. The number of hydrogen-bond acceptors (Lipinski definition) is 4. The van der Waals surface area contributed by atoms with Crippen molar-refractivity contribution in [2.24, 2.45) is 5.73 Å². The predicted molar refractivity (Wildman–Crippen MR) is 77.7 cm³/mol. The molecule has 0 aliphatic carbocycles. The first-order chi connectivity index (χ1) is 10.1. The summed E-state index contributed by atoms with van der Waals surface area (Å²) in [5.41, 5.74) is 6.23. The van der Waals surface area contributed by atoms with Gasteiger partial charge in [-0.3, -0.25) is 14.3 Å². The smallest absolute Gasteiger partial charge is 0.269 e. The summed E-state index contributed by atoms with van der Waals surface area (Å²) in [6.45, 7) is 1.72. The van der Waals surface area contributed by atoms with Crippen LogP contribution in [0.4, 0.5) is 4.39 Å². The molecule has 0 bridgehead atoms. The van der Waals surface area contributed by atoms with Crippen LogP contribution in [0.5, 0.6) is 0 Å². The molecule has 2 aromatic heterocycles. The van der Waals surface area contributed by atoms with Gasteiger partial charge in [0.05, 0.1) is 23.4 Å². The van der Waals surface area contributed by atoms with Crippen LogP contribution >= 0.6 is 0 Å². The first-order valence-corrected chi connectivity index (χ1v) is 6.46. The number of fused-ring (bicyclic) bond motifs is 1. The van der Waals surface area contributed by atoms with Gasteiger partial charge >= 0.3 is 0 Å². The Kier molecular flexibility index (Phi) is 3.23. The van der Waals surface area contributed by atoms with Gasteiger partial charge in [0.25, 0.3) is 5.56 Å². The highest BCUT2D eigenvalue weighted by molar-refractivity contribution is 5.78. The van der Waals surface area contributed by atoms with Gasteiger partial charge in [0.15, 0.2) is 0 Å². The second-order valence-electron chi connectivity index (χ2n) is 4.74. The Morgan fingerprint density at radius 2 is 2.10 bits per heavy atom. The molecule has 0 radical (unpaired) electrons. The number of benzene rings is 1. The molecule has 6 heteroatoms. The minimum atomic E-state index is -0.598. The summed E-state index contributed by atoms with van der Waals surface area (Å²) in [5.74, 6) is -0.232. The molecule has 0 spiro atoms. The normalized spacial score (nSPS) is 12.5. The van der Waals surface area contributed by atoms with Crippen LogP contribution < -0.4 is 11.3 Å². The van der Waals surface area contributed by atoms with Crippen molar-refractivity contribution in [3.05, 3.63) is 64.7 Å². The molecule has 2 heterocycles. The largest absolute Gasteiger partial charge is 0.322 e. The highest BCUT2D eigenvalue weighted by Crippen LogP contribution is 2.17. The average molecular weight is 284 g/mol. The Bertz CT molecular complexity index is 859. The van der Waals surface area contributed by atoms with E-state index in [4.69, 9.17) is 5.73 Å². The summed E-state index contributed by atoms with van der Waals surface area (Å²) in [4.78, 5) is 21.0. The second kappa shape index (κ2) is 5.06. The van der Waals surface area contributed by atoms with Crippen molar-refractivity contribution in [1.82, 2.24) is 14.5 Å². The monoisotopic (exact) mass is 284 g/mol. The first kappa shape index (κ1) is 13.4. The number of pyridine rings is 1. The van der Waals surface area contributed by atoms with Gasteiger partial charge in [0, 0.05) is 6.20 Å². The van der Waals surface area contributed by atoms with Gasteiger partial charge in [-0.2, -0.15) is 0 Å². The van der Waals surface area contributed by atoms with Gasteiger partial charge in [-0.15, -0.1) is 0 Å². The number of rotatable bonds is 2.